The zero-order valence-electron chi connectivity index (χ0n) is 15.1. The third kappa shape index (κ3) is 5.18. The molecule has 4 aromatic rings. The van der Waals surface area contributed by atoms with Crippen molar-refractivity contribution in [2.45, 2.75) is 12.1 Å². The maximum Gasteiger partial charge on any atom is 0.234 e. The SMILES string of the molecule is Cc1csc(-c2nc(-c3ccnc(SCC(=O)Nc4ccc(Cl)cc4)n3)cs2)n1. The second-order valence-corrected chi connectivity index (χ2v) is 9.00. The highest BCUT2D eigenvalue weighted by atomic mass is 35.5. The predicted octanol–water partition coefficient (Wildman–Crippen LogP) is 5.42. The number of hydrogen-bond acceptors (Lipinski definition) is 8. The minimum atomic E-state index is -0.138. The van der Waals surface area contributed by atoms with Gasteiger partial charge in [-0.25, -0.2) is 19.9 Å². The van der Waals surface area contributed by atoms with E-state index in [2.05, 4.69) is 25.3 Å². The average Bonchev–Trinajstić information content (AvgIpc) is 3.38. The summed E-state index contributed by atoms with van der Waals surface area (Å²) in [6.07, 6.45) is 1.67. The number of aryl methyl sites for hydroxylation is 1. The summed E-state index contributed by atoms with van der Waals surface area (Å²) >= 11 is 10.2. The van der Waals surface area contributed by atoms with E-state index in [1.54, 1.807) is 41.8 Å². The Balaban J connectivity index is 1.40. The molecule has 3 aromatic heterocycles. The molecule has 3 heterocycles. The van der Waals surface area contributed by atoms with E-state index >= 15 is 0 Å². The van der Waals surface area contributed by atoms with Crippen LogP contribution in [-0.2, 0) is 4.79 Å². The second kappa shape index (κ2) is 9.00. The van der Waals surface area contributed by atoms with Gasteiger partial charge in [0.05, 0.1) is 11.4 Å². The maximum atomic E-state index is 12.2. The standard InChI is InChI=1S/C19H14ClN5OS3/c1-11-8-27-17(22-11)18-24-15(9-28-18)14-6-7-21-19(25-14)29-10-16(26)23-13-4-2-12(20)3-5-13/h2-9H,10H2,1H3,(H,23,26). The molecule has 29 heavy (non-hydrogen) atoms. The molecule has 0 bridgehead atoms. The summed E-state index contributed by atoms with van der Waals surface area (Å²) in [6, 6.07) is 8.78. The third-order valence-corrected chi connectivity index (χ3v) is 6.72. The van der Waals surface area contributed by atoms with Crippen LogP contribution in [0.2, 0.25) is 5.02 Å². The first-order valence-electron chi connectivity index (χ1n) is 8.46. The average molecular weight is 460 g/mol. The molecule has 0 aliphatic rings. The molecule has 1 aromatic carbocycles. The number of hydrogen-bond donors (Lipinski definition) is 1. The summed E-state index contributed by atoms with van der Waals surface area (Å²) in [7, 11) is 0. The van der Waals surface area contributed by atoms with Crippen molar-refractivity contribution in [3.05, 3.63) is 58.0 Å². The van der Waals surface area contributed by atoms with Gasteiger partial charge in [-0.1, -0.05) is 23.4 Å². The highest BCUT2D eigenvalue weighted by Gasteiger charge is 2.12. The van der Waals surface area contributed by atoms with Crippen molar-refractivity contribution in [1.29, 1.82) is 0 Å². The number of amides is 1. The van der Waals surface area contributed by atoms with E-state index in [1.807, 2.05) is 23.8 Å². The summed E-state index contributed by atoms with van der Waals surface area (Å²) in [5, 5.41) is 9.70. The monoisotopic (exact) mass is 459 g/mol. The third-order valence-electron chi connectivity index (χ3n) is 3.66. The molecule has 0 fully saturated rings. The van der Waals surface area contributed by atoms with Crippen molar-refractivity contribution in [3.8, 4) is 21.4 Å². The van der Waals surface area contributed by atoms with Crippen molar-refractivity contribution < 1.29 is 4.79 Å². The van der Waals surface area contributed by atoms with Gasteiger partial charge < -0.3 is 5.32 Å². The fraction of sp³-hybridized carbons (Fsp3) is 0.105. The number of nitrogens with one attached hydrogen (secondary N) is 1. The van der Waals surface area contributed by atoms with Crippen LogP contribution in [0.25, 0.3) is 21.4 Å². The van der Waals surface area contributed by atoms with Gasteiger partial charge in [0.2, 0.25) is 5.91 Å². The number of anilines is 1. The van der Waals surface area contributed by atoms with Gasteiger partial charge in [-0.15, -0.1) is 22.7 Å². The molecule has 1 N–H and O–H groups in total. The number of rotatable bonds is 6. The van der Waals surface area contributed by atoms with E-state index in [1.165, 1.54) is 23.1 Å². The van der Waals surface area contributed by atoms with E-state index in [4.69, 9.17) is 11.6 Å². The number of thioether (sulfide) groups is 1. The highest BCUT2D eigenvalue weighted by molar-refractivity contribution is 7.99. The Labute approximate surface area is 184 Å². The van der Waals surface area contributed by atoms with E-state index in [0.29, 0.717) is 15.9 Å². The molecule has 6 nitrogen and oxygen atoms in total. The Morgan fingerprint density at radius 1 is 1.03 bits per heavy atom. The molecule has 4 rings (SSSR count). The fourth-order valence-electron chi connectivity index (χ4n) is 2.36. The Morgan fingerprint density at radius 2 is 1.79 bits per heavy atom. The van der Waals surface area contributed by atoms with Crippen molar-refractivity contribution in [2.24, 2.45) is 0 Å². The van der Waals surface area contributed by atoms with Crippen LogP contribution < -0.4 is 5.32 Å². The van der Waals surface area contributed by atoms with Gasteiger partial charge >= 0.3 is 0 Å². The van der Waals surface area contributed by atoms with Crippen molar-refractivity contribution in [2.75, 3.05) is 11.1 Å². The molecule has 10 heteroatoms. The highest BCUT2D eigenvalue weighted by Crippen LogP contribution is 2.30. The van der Waals surface area contributed by atoms with Crippen LogP contribution in [0.15, 0.2) is 52.4 Å². The summed E-state index contributed by atoms with van der Waals surface area (Å²) in [5.41, 5.74) is 3.17. The number of carbonyl (C=O) groups excluding carboxylic acids is 1. The van der Waals surface area contributed by atoms with Gasteiger partial charge in [0, 0.05) is 33.4 Å². The van der Waals surface area contributed by atoms with E-state index in [9.17, 15) is 4.79 Å². The lowest BCUT2D eigenvalue weighted by molar-refractivity contribution is -0.113. The minimum Gasteiger partial charge on any atom is -0.325 e. The van der Waals surface area contributed by atoms with Crippen LogP contribution >= 0.6 is 46.0 Å². The van der Waals surface area contributed by atoms with Crippen LogP contribution in [0.5, 0.6) is 0 Å². The van der Waals surface area contributed by atoms with Crippen LogP contribution in [-0.4, -0.2) is 31.6 Å². The van der Waals surface area contributed by atoms with Crippen molar-refractivity contribution in [3.63, 3.8) is 0 Å². The lowest BCUT2D eigenvalue weighted by Gasteiger charge is -2.05. The van der Waals surface area contributed by atoms with Crippen LogP contribution in [0.4, 0.5) is 5.69 Å². The van der Waals surface area contributed by atoms with Crippen molar-refractivity contribution in [1.82, 2.24) is 19.9 Å². The Kier molecular flexibility index (Phi) is 6.19. The number of halogens is 1. The van der Waals surface area contributed by atoms with Crippen LogP contribution in [0, 0.1) is 6.92 Å². The van der Waals surface area contributed by atoms with Gasteiger partial charge in [0.25, 0.3) is 0 Å². The Hall–Kier alpha value is -2.33. The molecular formula is C19H14ClN5OS3. The van der Waals surface area contributed by atoms with Gasteiger partial charge in [0.1, 0.15) is 5.69 Å². The van der Waals surface area contributed by atoms with Gasteiger partial charge in [-0.05, 0) is 37.3 Å². The lowest BCUT2D eigenvalue weighted by atomic mass is 10.3. The molecule has 0 atom stereocenters. The first kappa shape index (κ1) is 20.0. The first-order valence-corrected chi connectivity index (χ1v) is 11.6. The number of carbonyl (C=O) groups is 1. The summed E-state index contributed by atoms with van der Waals surface area (Å²) < 4.78 is 0. The van der Waals surface area contributed by atoms with Crippen LogP contribution in [0.3, 0.4) is 0 Å². The summed E-state index contributed by atoms with van der Waals surface area (Å²) in [6.45, 7) is 1.96. The van der Waals surface area contributed by atoms with E-state index < -0.39 is 0 Å². The quantitative estimate of drug-likeness (QED) is 0.306. The lowest BCUT2D eigenvalue weighted by Crippen LogP contribution is -2.14. The molecular weight excluding hydrogens is 446 g/mol. The van der Waals surface area contributed by atoms with Crippen LogP contribution in [0.1, 0.15) is 5.69 Å². The fourth-order valence-corrected chi connectivity index (χ4v) is 4.77. The summed E-state index contributed by atoms with van der Waals surface area (Å²) in [5.74, 6) is 0.0636. The maximum absolute atomic E-state index is 12.2. The minimum absolute atomic E-state index is 0.138. The number of nitrogens with zero attached hydrogens (tertiary/aromatic N) is 4. The smallest absolute Gasteiger partial charge is 0.234 e. The van der Waals surface area contributed by atoms with E-state index in [-0.39, 0.29) is 11.7 Å². The number of benzene rings is 1. The zero-order valence-corrected chi connectivity index (χ0v) is 18.3. The molecule has 0 spiro atoms. The topological polar surface area (TPSA) is 80.7 Å². The number of aromatic nitrogens is 4. The normalized spacial score (nSPS) is 10.8. The number of thiazole rings is 2. The molecule has 0 saturated carbocycles. The molecule has 146 valence electrons. The van der Waals surface area contributed by atoms with Crippen molar-refractivity contribution >= 4 is 57.6 Å². The second-order valence-electron chi connectivity index (χ2n) is 5.90. The molecule has 1 amide bonds. The Bertz CT molecular complexity index is 1140. The van der Waals surface area contributed by atoms with Gasteiger partial charge in [-0.2, -0.15) is 0 Å². The largest absolute Gasteiger partial charge is 0.325 e. The van der Waals surface area contributed by atoms with Gasteiger partial charge in [-0.3, -0.25) is 4.79 Å². The van der Waals surface area contributed by atoms with Gasteiger partial charge in [0.15, 0.2) is 15.2 Å². The first-order chi connectivity index (χ1) is 14.1. The predicted molar refractivity (Wildman–Crippen MR) is 120 cm³/mol. The molecule has 0 aliphatic heterocycles. The van der Waals surface area contributed by atoms with E-state index in [0.717, 1.165) is 27.1 Å². The molecule has 0 aliphatic carbocycles. The molecule has 0 saturated heterocycles. The molecule has 0 radical (unpaired) electrons. The molecule has 0 unspecified atom stereocenters. The Morgan fingerprint density at radius 3 is 2.55 bits per heavy atom. The zero-order chi connectivity index (χ0) is 20.2. The summed E-state index contributed by atoms with van der Waals surface area (Å²) in [4.78, 5) is 30.0.